The van der Waals surface area contributed by atoms with Crippen LogP contribution in [-0.2, 0) is 0 Å². The van der Waals surface area contributed by atoms with Gasteiger partial charge in [0.25, 0.3) is 11.8 Å². The zero-order valence-electron chi connectivity index (χ0n) is 13.4. The largest absolute Gasteiger partial charge is 0.272 e. The van der Waals surface area contributed by atoms with Crippen molar-refractivity contribution < 1.29 is 9.59 Å². The molecule has 2 bridgehead atoms. The minimum atomic E-state index is -0.214. The van der Waals surface area contributed by atoms with E-state index in [9.17, 15) is 9.59 Å². The van der Waals surface area contributed by atoms with Crippen molar-refractivity contribution in [1.82, 2.24) is 9.91 Å². The average molecular weight is 336 g/mol. The molecule has 6 atom stereocenters. The van der Waals surface area contributed by atoms with Crippen LogP contribution in [0.4, 0.5) is 0 Å². The minimum absolute atomic E-state index is 0.202. The molecule has 2 saturated carbocycles. The number of nitrogens with zero attached hydrogens (tertiary/aromatic N) is 6. The van der Waals surface area contributed by atoms with Gasteiger partial charge < -0.3 is 0 Å². The number of hydrogen-bond acceptors (Lipinski definition) is 7. The molecular weight excluding hydrogens is 320 g/mol. The van der Waals surface area contributed by atoms with Crippen molar-refractivity contribution in [1.29, 1.82) is 0 Å². The van der Waals surface area contributed by atoms with Gasteiger partial charge in [-0.2, -0.15) is 15.3 Å². The standard InChI is InChI=1S/C17H16N6O2/c24-16-8-3-1-2-4-9(8)17(25)22(16)5-6-23-15-11-7-10(14(15)20-21-23)12-13(11)19-18-12/h1-4,10-15H,5-7H2/t10-,11+,12+,13-,14-,15+/m0/s1. The first-order chi connectivity index (χ1) is 12.2. The van der Waals surface area contributed by atoms with Gasteiger partial charge in [0.1, 0.15) is 18.1 Å². The van der Waals surface area contributed by atoms with Gasteiger partial charge >= 0.3 is 0 Å². The van der Waals surface area contributed by atoms with Crippen molar-refractivity contribution in [3.05, 3.63) is 35.4 Å². The van der Waals surface area contributed by atoms with Crippen LogP contribution >= 0.6 is 0 Å². The number of benzene rings is 1. The predicted octanol–water partition coefficient (Wildman–Crippen LogP) is 1.56. The number of fused-ring (bicyclic) bond motifs is 9. The van der Waals surface area contributed by atoms with E-state index in [4.69, 9.17) is 0 Å². The fourth-order valence-corrected chi connectivity index (χ4v) is 5.26. The van der Waals surface area contributed by atoms with E-state index < -0.39 is 0 Å². The van der Waals surface area contributed by atoms with Crippen LogP contribution in [0.5, 0.6) is 0 Å². The van der Waals surface area contributed by atoms with E-state index in [1.165, 1.54) is 4.90 Å². The van der Waals surface area contributed by atoms with Gasteiger partial charge in [-0.25, -0.2) is 0 Å². The maximum absolute atomic E-state index is 12.5. The lowest BCUT2D eigenvalue weighted by Gasteiger charge is -2.38. The lowest BCUT2D eigenvalue weighted by Crippen LogP contribution is -2.53. The monoisotopic (exact) mass is 336 g/mol. The number of amides is 2. The van der Waals surface area contributed by atoms with E-state index in [1.807, 2.05) is 5.01 Å². The fraction of sp³-hybridized carbons (Fsp3) is 0.529. The molecule has 2 amide bonds. The molecule has 5 aliphatic rings. The molecule has 1 aromatic carbocycles. The molecule has 2 aliphatic carbocycles. The highest BCUT2D eigenvalue weighted by Crippen LogP contribution is 2.56. The second kappa shape index (κ2) is 4.50. The molecule has 126 valence electrons. The molecule has 0 aromatic heterocycles. The molecular formula is C17H16N6O2. The maximum atomic E-state index is 12.5. The molecule has 2 fully saturated rings. The van der Waals surface area contributed by atoms with Gasteiger partial charge in [0.15, 0.2) is 0 Å². The Balaban J connectivity index is 1.19. The highest BCUT2D eigenvalue weighted by molar-refractivity contribution is 6.21. The van der Waals surface area contributed by atoms with Crippen LogP contribution in [0.15, 0.2) is 44.8 Å². The van der Waals surface area contributed by atoms with Crippen LogP contribution in [0.25, 0.3) is 0 Å². The van der Waals surface area contributed by atoms with E-state index in [-0.39, 0.29) is 23.9 Å². The average Bonchev–Trinajstić information content (AvgIpc) is 3.27. The summed E-state index contributed by atoms with van der Waals surface area (Å²) >= 11 is 0. The third-order valence-corrected chi connectivity index (χ3v) is 6.41. The highest BCUT2D eigenvalue weighted by atomic mass is 16.2. The Bertz CT molecular complexity index is 831. The molecule has 25 heavy (non-hydrogen) atoms. The summed E-state index contributed by atoms with van der Waals surface area (Å²) in [5, 5.41) is 19.3. The lowest BCUT2D eigenvalue weighted by molar-refractivity contribution is 0.0609. The smallest absolute Gasteiger partial charge is 0.261 e. The van der Waals surface area contributed by atoms with E-state index in [0.29, 0.717) is 48.1 Å². The lowest BCUT2D eigenvalue weighted by atomic mass is 9.82. The molecule has 0 spiro atoms. The van der Waals surface area contributed by atoms with Crippen LogP contribution in [0, 0.1) is 11.8 Å². The molecule has 3 aliphatic heterocycles. The third-order valence-electron chi connectivity index (χ3n) is 6.41. The predicted molar refractivity (Wildman–Crippen MR) is 85.0 cm³/mol. The molecule has 0 unspecified atom stereocenters. The summed E-state index contributed by atoms with van der Waals surface area (Å²) < 4.78 is 0. The summed E-state index contributed by atoms with van der Waals surface area (Å²) in [6.45, 7) is 0.857. The SMILES string of the molecule is O=C1c2ccccc2C(=O)N1CCN1N=N[C@H]2[C@H]3C[C@H]([C@@H]4N=N[C@H]34)[C@H]21. The number of carbonyl (C=O) groups excluding carboxylic acids is 2. The molecule has 8 nitrogen and oxygen atoms in total. The third kappa shape index (κ3) is 1.57. The van der Waals surface area contributed by atoms with Gasteiger partial charge in [-0.1, -0.05) is 17.4 Å². The Morgan fingerprint density at radius 2 is 1.56 bits per heavy atom. The van der Waals surface area contributed by atoms with Crippen molar-refractivity contribution in [2.45, 2.75) is 30.6 Å². The first kappa shape index (κ1) is 13.6. The van der Waals surface area contributed by atoms with Crippen LogP contribution in [0.1, 0.15) is 27.1 Å². The van der Waals surface area contributed by atoms with Crippen molar-refractivity contribution in [2.75, 3.05) is 13.1 Å². The zero-order valence-corrected chi connectivity index (χ0v) is 13.4. The molecule has 0 radical (unpaired) electrons. The summed E-state index contributed by atoms with van der Waals surface area (Å²) in [6, 6.07) is 8.11. The summed E-state index contributed by atoms with van der Waals surface area (Å²) in [6.07, 6.45) is 1.11. The van der Waals surface area contributed by atoms with Crippen LogP contribution in [0.3, 0.4) is 0 Å². The quantitative estimate of drug-likeness (QED) is 0.784. The van der Waals surface area contributed by atoms with Crippen molar-refractivity contribution in [2.24, 2.45) is 32.4 Å². The van der Waals surface area contributed by atoms with Gasteiger partial charge in [-0.3, -0.25) is 19.5 Å². The van der Waals surface area contributed by atoms with Gasteiger partial charge in [0.05, 0.1) is 23.7 Å². The van der Waals surface area contributed by atoms with Crippen molar-refractivity contribution in [3.8, 4) is 0 Å². The Morgan fingerprint density at radius 1 is 0.880 bits per heavy atom. The molecule has 0 saturated heterocycles. The Hall–Kier alpha value is -2.64. The second-order valence-corrected chi connectivity index (χ2v) is 7.43. The normalized spacial score (nSPS) is 39.0. The van der Waals surface area contributed by atoms with E-state index in [1.54, 1.807) is 24.3 Å². The number of carbonyl (C=O) groups is 2. The van der Waals surface area contributed by atoms with Gasteiger partial charge in [0, 0.05) is 18.4 Å². The first-order valence-electron chi connectivity index (χ1n) is 8.76. The fourth-order valence-electron chi connectivity index (χ4n) is 5.26. The van der Waals surface area contributed by atoms with Gasteiger partial charge in [-0.15, -0.1) is 0 Å². The van der Waals surface area contributed by atoms with Crippen LogP contribution in [0.2, 0.25) is 0 Å². The topological polar surface area (TPSA) is 90.1 Å². The van der Waals surface area contributed by atoms with E-state index in [2.05, 4.69) is 20.6 Å². The Kier molecular flexibility index (Phi) is 2.45. The van der Waals surface area contributed by atoms with Crippen molar-refractivity contribution >= 4 is 11.8 Å². The molecule has 8 heteroatoms. The van der Waals surface area contributed by atoms with Crippen LogP contribution < -0.4 is 0 Å². The summed E-state index contributed by atoms with van der Waals surface area (Å²) in [7, 11) is 0. The number of azo groups is 1. The molecule has 0 N–H and O–H groups in total. The van der Waals surface area contributed by atoms with Crippen LogP contribution in [-0.4, -0.2) is 59.0 Å². The van der Waals surface area contributed by atoms with Gasteiger partial charge in [0.2, 0.25) is 0 Å². The Labute approximate surface area is 143 Å². The van der Waals surface area contributed by atoms with E-state index in [0.717, 1.165) is 6.42 Å². The minimum Gasteiger partial charge on any atom is -0.272 e. The zero-order chi connectivity index (χ0) is 16.7. The highest BCUT2D eigenvalue weighted by Gasteiger charge is 2.65. The summed E-state index contributed by atoms with van der Waals surface area (Å²) in [5.74, 6) is 0.489. The summed E-state index contributed by atoms with van der Waals surface area (Å²) in [5.41, 5.74) is 0.983. The number of imide groups is 1. The van der Waals surface area contributed by atoms with Gasteiger partial charge in [-0.05, 0) is 18.6 Å². The second-order valence-electron chi connectivity index (χ2n) is 7.43. The summed E-state index contributed by atoms with van der Waals surface area (Å²) in [4.78, 5) is 26.3. The van der Waals surface area contributed by atoms with Crippen molar-refractivity contribution in [3.63, 3.8) is 0 Å². The number of rotatable bonds is 3. The first-order valence-corrected chi connectivity index (χ1v) is 8.76. The molecule has 3 heterocycles. The Morgan fingerprint density at radius 3 is 2.24 bits per heavy atom. The van der Waals surface area contributed by atoms with E-state index >= 15 is 0 Å². The molecule has 6 rings (SSSR count). The molecule has 1 aromatic rings. The maximum Gasteiger partial charge on any atom is 0.261 e. The number of hydrogen-bond donors (Lipinski definition) is 0.